The Morgan fingerprint density at radius 2 is 2.00 bits per heavy atom. The van der Waals surface area contributed by atoms with Crippen molar-refractivity contribution < 1.29 is 4.79 Å². The zero-order valence-corrected chi connectivity index (χ0v) is 13.2. The molecule has 2 aliphatic carbocycles. The van der Waals surface area contributed by atoms with Crippen molar-refractivity contribution in [3.8, 4) is 0 Å². The van der Waals surface area contributed by atoms with Crippen LogP contribution in [-0.2, 0) is 0 Å². The molecule has 3 rings (SSSR count). The van der Waals surface area contributed by atoms with E-state index in [0.717, 1.165) is 24.0 Å². The van der Waals surface area contributed by atoms with Crippen LogP contribution in [0.25, 0.3) is 0 Å². The summed E-state index contributed by atoms with van der Waals surface area (Å²) in [6, 6.07) is 0.526. The second-order valence-electron chi connectivity index (χ2n) is 6.20. The van der Waals surface area contributed by atoms with Gasteiger partial charge in [-0.3, -0.25) is 4.79 Å². The maximum absolute atomic E-state index is 12.2. The summed E-state index contributed by atoms with van der Waals surface area (Å²) in [6.45, 7) is 0.742. The Hall–Kier alpha value is -1.30. The molecule has 0 spiro atoms. The second kappa shape index (κ2) is 6.64. The van der Waals surface area contributed by atoms with Crippen molar-refractivity contribution in [2.75, 3.05) is 17.6 Å². The average Bonchev–Trinajstić information content (AvgIpc) is 3.21. The number of amides is 1. The van der Waals surface area contributed by atoms with Gasteiger partial charge in [-0.15, -0.1) is 0 Å². The Bertz CT molecular complexity index is 492. The minimum absolute atomic E-state index is 0.0790. The van der Waals surface area contributed by atoms with Crippen molar-refractivity contribution >= 4 is 28.2 Å². The van der Waals surface area contributed by atoms with E-state index >= 15 is 0 Å². The Morgan fingerprint density at radius 1 is 1.24 bits per heavy atom. The third-order valence-electron chi connectivity index (χ3n) is 4.33. The van der Waals surface area contributed by atoms with Crippen LogP contribution >= 0.6 is 11.3 Å². The number of nitrogens with two attached hydrogens (primary N) is 1. The first-order chi connectivity index (χ1) is 10.2. The van der Waals surface area contributed by atoms with Gasteiger partial charge in [0.2, 0.25) is 0 Å². The van der Waals surface area contributed by atoms with Gasteiger partial charge in [-0.25, -0.2) is 4.98 Å². The van der Waals surface area contributed by atoms with Crippen LogP contribution in [0.4, 0.5) is 10.9 Å². The Kier molecular flexibility index (Phi) is 4.63. The van der Waals surface area contributed by atoms with Crippen LogP contribution in [0.3, 0.4) is 0 Å². The molecular weight excluding hydrogens is 284 g/mol. The number of aromatic nitrogens is 1. The maximum Gasteiger partial charge on any atom is 0.265 e. The summed E-state index contributed by atoms with van der Waals surface area (Å²) in [5.41, 5.74) is 5.85. The van der Waals surface area contributed by atoms with Crippen molar-refractivity contribution in [1.29, 1.82) is 0 Å². The molecule has 1 heterocycles. The van der Waals surface area contributed by atoms with E-state index in [0.29, 0.717) is 16.7 Å². The number of anilines is 2. The Labute approximate surface area is 129 Å². The molecule has 0 atom stereocenters. The highest BCUT2D eigenvalue weighted by molar-refractivity contribution is 7.18. The molecular formula is C15H24N4OS. The topological polar surface area (TPSA) is 80.0 Å². The van der Waals surface area contributed by atoms with Crippen LogP contribution in [0, 0.1) is 5.92 Å². The van der Waals surface area contributed by atoms with Gasteiger partial charge in [-0.05, 0) is 25.2 Å². The van der Waals surface area contributed by atoms with Crippen LogP contribution in [0.5, 0.6) is 0 Å². The molecule has 0 bridgehead atoms. The van der Waals surface area contributed by atoms with E-state index in [2.05, 4.69) is 15.6 Å². The summed E-state index contributed by atoms with van der Waals surface area (Å²) in [7, 11) is 0. The summed E-state index contributed by atoms with van der Waals surface area (Å²) < 4.78 is 0. The van der Waals surface area contributed by atoms with Gasteiger partial charge in [0.15, 0.2) is 5.13 Å². The molecule has 1 aromatic rings. The van der Waals surface area contributed by atoms with E-state index in [4.69, 9.17) is 5.73 Å². The highest BCUT2D eigenvalue weighted by Crippen LogP contribution is 2.30. The van der Waals surface area contributed by atoms with Crippen LogP contribution in [-0.4, -0.2) is 23.5 Å². The lowest BCUT2D eigenvalue weighted by Crippen LogP contribution is -2.26. The number of nitrogen functional groups attached to an aromatic ring is 1. The predicted molar refractivity (Wildman–Crippen MR) is 86.7 cm³/mol. The molecule has 116 valence electrons. The summed E-state index contributed by atoms with van der Waals surface area (Å²) >= 11 is 1.36. The number of hydrogen-bond acceptors (Lipinski definition) is 5. The number of carbonyl (C=O) groups is 1. The number of thiazole rings is 1. The van der Waals surface area contributed by atoms with E-state index in [-0.39, 0.29) is 5.91 Å². The van der Waals surface area contributed by atoms with Gasteiger partial charge >= 0.3 is 0 Å². The fraction of sp³-hybridized carbons (Fsp3) is 0.733. The van der Waals surface area contributed by atoms with Gasteiger partial charge in [0.05, 0.1) is 0 Å². The van der Waals surface area contributed by atoms with E-state index in [1.165, 1.54) is 56.3 Å². The molecule has 0 unspecified atom stereocenters. The second-order valence-corrected chi connectivity index (χ2v) is 7.20. The third-order valence-corrected chi connectivity index (χ3v) is 5.33. The average molecular weight is 308 g/mol. The molecule has 1 aromatic heterocycles. The third kappa shape index (κ3) is 4.09. The standard InChI is InChI=1S/C15H24N4OS/c16-13-12(21-15(19-13)18-11-6-7-11)14(20)17-9-8-10-4-2-1-3-5-10/h10-11H,1-9,16H2,(H,17,20)(H,18,19). The minimum atomic E-state index is -0.0790. The molecule has 5 nitrogen and oxygen atoms in total. The van der Waals surface area contributed by atoms with Crippen molar-refractivity contribution in [3.05, 3.63) is 4.88 Å². The highest BCUT2D eigenvalue weighted by atomic mass is 32.1. The number of carbonyl (C=O) groups excluding carboxylic acids is 1. The molecule has 6 heteroatoms. The fourth-order valence-corrected chi connectivity index (χ4v) is 3.78. The molecule has 4 N–H and O–H groups in total. The zero-order valence-electron chi connectivity index (χ0n) is 12.4. The quantitative estimate of drug-likeness (QED) is 0.754. The van der Waals surface area contributed by atoms with E-state index in [1.807, 2.05) is 0 Å². The number of nitrogens with zero attached hydrogens (tertiary/aromatic N) is 1. The number of nitrogens with one attached hydrogen (secondary N) is 2. The van der Waals surface area contributed by atoms with Crippen LogP contribution in [0.1, 0.15) is 61.0 Å². The Balaban J connectivity index is 1.46. The molecule has 0 aliphatic heterocycles. The van der Waals surface area contributed by atoms with Gasteiger partial charge in [-0.1, -0.05) is 43.4 Å². The van der Waals surface area contributed by atoms with Crippen molar-refractivity contribution in [3.63, 3.8) is 0 Å². The lowest BCUT2D eigenvalue weighted by atomic mass is 9.87. The normalized spacial score (nSPS) is 19.4. The molecule has 2 aliphatic rings. The maximum atomic E-state index is 12.2. The molecule has 0 radical (unpaired) electrons. The van der Waals surface area contributed by atoms with E-state index in [1.54, 1.807) is 0 Å². The predicted octanol–water partition coefficient (Wildman–Crippen LogP) is 3.00. The SMILES string of the molecule is Nc1nc(NC2CC2)sc1C(=O)NCCC1CCCCC1. The van der Waals surface area contributed by atoms with Gasteiger partial charge in [0, 0.05) is 12.6 Å². The van der Waals surface area contributed by atoms with E-state index in [9.17, 15) is 4.79 Å². The van der Waals surface area contributed by atoms with Crippen LogP contribution < -0.4 is 16.4 Å². The summed E-state index contributed by atoms with van der Waals surface area (Å²) in [4.78, 5) is 17.0. The molecule has 1 amide bonds. The van der Waals surface area contributed by atoms with Crippen molar-refractivity contribution in [1.82, 2.24) is 10.3 Å². The minimum Gasteiger partial charge on any atom is -0.382 e. The molecule has 0 saturated heterocycles. The van der Waals surface area contributed by atoms with Crippen molar-refractivity contribution in [2.24, 2.45) is 5.92 Å². The van der Waals surface area contributed by atoms with Gasteiger partial charge in [-0.2, -0.15) is 0 Å². The smallest absolute Gasteiger partial charge is 0.265 e. The van der Waals surface area contributed by atoms with Gasteiger partial charge < -0.3 is 16.4 Å². The number of rotatable bonds is 6. The first kappa shape index (κ1) is 14.6. The van der Waals surface area contributed by atoms with Crippen molar-refractivity contribution in [2.45, 2.75) is 57.4 Å². The van der Waals surface area contributed by atoms with Crippen LogP contribution in [0.15, 0.2) is 0 Å². The zero-order chi connectivity index (χ0) is 14.7. The molecule has 21 heavy (non-hydrogen) atoms. The lowest BCUT2D eigenvalue weighted by Gasteiger charge is -2.21. The first-order valence-electron chi connectivity index (χ1n) is 8.03. The fourth-order valence-electron chi connectivity index (χ4n) is 2.90. The lowest BCUT2D eigenvalue weighted by molar-refractivity contribution is 0.0955. The summed E-state index contributed by atoms with van der Waals surface area (Å²) in [6.07, 6.45) is 10.1. The Morgan fingerprint density at radius 3 is 2.71 bits per heavy atom. The summed E-state index contributed by atoms with van der Waals surface area (Å²) in [5, 5.41) is 7.05. The number of hydrogen-bond donors (Lipinski definition) is 3. The molecule has 0 aromatic carbocycles. The first-order valence-corrected chi connectivity index (χ1v) is 8.85. The van der Waals surface area contributed by atoms with E-state index < -0.39 is 0 Å². The summed E-state index contributed by atoms with van der Waals surface area (Å²) in [5.74, 6) is 1.05. The monoisotopic (exact) mass is 308 g/mol. The molecule has 2 fully saturated rings. The van der Waals surface area contributed by atoms with Crippen LogP contribution in [0.2, 0.25) is 0 Å². The largest absolute Gasteiger partial charge is 0.382 e. The van der Waals surface area contributed by atoms with Gasteiger partial charge in [0.1, 0.15) is 10.7 Å². The highest BCUT2D eigenvalue weighted by Gasteiger charge is 2.24. The molecule has 2 saturated carbocycles. The van der Waals surface area contributed by atoms with Gasteiger partial charge in [0.25, 0.3) is 5.91 Å².